The Morgan fingerprint density at radius 3 is 2.59 bits per heavy atom. The van der Waals surface area contributed by atoms with E-state index in [1.54, 1.807) is 7.11 Å². The van der Waals surface area contributed by atoms with Gasteiger partial charge in [0.2, 0.25) is 0 Å². The molecule has 0 radical (unpaired) electrons. The molecule has 4 rings (SSSR count). The number of ether oxygens (including phenoxy) is 1. The highest BCUT2D eigenvalue weighted by molar-refractivity contribution is 5.27. The van der Waals surface area contributed by atoms with Gasteiger partial charge in [-0.2, -0.15) is 0 Å². The number of likely N-dealkylation sites (tertiary alicyclic amines) is 1. The summed E-state index contributed by atoms with van der Waals surface area (Å²) in [4.78, 5) is 5.62. The minimum Gasteiger partial charge on any atom is -0.497 e. The zero-order valence-electron chi connectivity index (χ0n) is 16.9. The molecule has 3 aliphatic heterocycles. The Morgan fingerprint density at radius 1 is 1.07 bits per heavy atom. The predicted molar refractivity (Wildman–Crippen MR) is 109 cm³/mol. The smallest absolute Gasteiger partial charge is 0.118 e. The molecule has 0 saturated carbocycles. The zero-order valence-corrected chi connectivity index (χ0v) is 16.9. The second kappa shape index (κ2) is 8.93. The number of hydrogen-bond acceptors (Lipinski definition) is 4. The average molecular weight is 373 g/mol. The van der Waals surface area contributed by atoms with Gasteiger partial charge in [-0.05, 0) is 87.6 Å². The summed E-state index contributed by atoms with van der Waals surface area (Å²) in [7, 11) is 1.73. The van der Waals surface area contributed by atoms with Crippen LogP contribution < -0.4 is 4.74 Å². The fourth-order valence-electron chi connectivity index (χ4n) is 6.09. The van der Waals surface area contributed by atoms with Crippen molar-refractivity contribution >= 4 is 0 Å². The highest BCUT2D eigenvalue weighted by Crippen LogP contribution is 2.43. The van der Waals surface area contributed by atoms with Gasteiger partial charge >= 0.3 is 0 Å². The molecule has 4 atom stereocenters. The molecular weight excluding hydrogens is 336 g/mol. The van der Waals surface area contributed by atoms with Crippen molar-refractivity contribution in [1.82, 2.24) is 9.80 Å². The maximum atomic E-state index is 9.28. The van der Waals surface area contributed by atoms with Crippen molar-refractivity contribution in [2.75, 3.05) is 33.4 Å². The number of piperidine rings is 3. The Morgan fingerprint density at radius 2 is 1.85 bits per heavy atom. The Hall–Kier alpha value is -1.10. The Labute approximate surface area is 164 Å². The molecule has 1 N–H and O–H groups in total. The van der Waals surface area contributed by atoms with Crippen LogP contribution in [0.1, 0.15) is 50.5 Å². The van der Waals surface area contributed by atoms with Gasteiger partial charge in [0.05, 0.1) is 7.11 Å². The molecule has 3 fully saturated rings. The molecular formula is C23H36N2O2. The van der Waals surface area contributed by atoms with Gasteiger partial charge in [0.25, 0.3) is 0 Å². The first-order valence-corrected chi connectivity index (χ1v) is 11.0. The van der Waals surface area contributed by atoms with Gasteiger partial charge in [0.1, 0.15) is 5.75 Å². The number of unbranched alkanes of at least 4 members (excludes halogenated alkanes) is 1. The first kappa shape index (κ1) is 19.2. The molecule has 1 aromatic carbocycles. The molecule has 0 bridgehead atoms. The lowest BCUT2D eigenvalue weighted by Crippen LogP contribution is -2.64. The molecule has 3 heterocycles. The van der Waals surface area contributed by atoms with Crippen LogP contribution in [0.4, 0.5) is 0 Å². The van der Waals surface area contributed by atoms with E-state index in [0.717, 1.165) is 43.0 Å². The molecule has 0 amide bonds. The van der Waals surface area contributed by atoms with Crippen molar-refractivity contribution in [1.29, 1.82) is 0 Å². The van der Waals surface area contributed by atoms with Crippen LogP contribution in [-0.2, 0) is 6.54 Å². The van der Waals surface area contributed by atoms with Crippen molar-refractivity contribution in [3.63, 3.8) is 0 Å². The minimum atomic E-state index is 0.327. The number of benzene rings is 1. The molecule has 1 aromatic rings. The summed E-state index contributed by atoms with van der Waals surface area (Å²) in [5.74, 6) is 2.60. The van der Waals surface area contributed by atoms with Crippen molar-refractivity contribution in [2.45, 2.75) is 63.6 Å². The zero-order chi connectivity index (χ0) is 18.6. The first-order valence-electron chi connectivity index (χ1n) is 11.0. The van der Waals surface area contributed by atoms with E-state index in [0.29, 0.717) is 12.6 Å². The third-order valence-corrected chi connectivity index (χ3v) is 7.23. The number of aliphatic hydroxyl groups excluding tert-OH is 1. The van der Waals surface area contributed by atoms with E-state index in [-0.39, 0.29) is 0 Å². The largest absolute Gasteiger partial charge is 0.497 e. The second-order valence-electron chi connectivity index (χ2n) is 8.80. The summed E-state index contributed by atoms with van der Waals surface area (Å²) >= 11 is 0. The summed E-state index contributed by atoms with van der Waals surface area (Å²) < 4.78 is 5.33. The number of hydrogen-bond donors (Lipinski definition) is 1. The Balaban J connectivity index is 1.53. The van der Waals surface area contributed by atoms with Gasteiger partial charge in [-0.25, -0.2) is 0 Å². The lowest BCUT2D eigenvalue weighted by atomic mass is 9.69. The SMILES string of the molecule is COc1ccc(CN2C[C@@H]3CCCN4CCC[C@H](C2CCCCO)[C@H]34)cc1. The number of nitrogens with zero attached hydrogens (tertiary/aromatic N) is 2. The fourth-order valence-corrected chi connectivity index (χ4v) is 6.09. The van der Waals surface area contributed by atoms with Crippen LogP contribution in [0.15, 0.2) is 24.3 Å². The molecule has 3 saturated heterocycles. The van der Waals surface area contributed by atoms with Crippen molar-refractivity contribution in [2.24, 2.45) is 11.8 Å². The molecule has 0 aromatic heterocycles. The maximum absolute atomic E-state index is 9.28. The van der Waals surface area contributed by atoms with Crippen LogP contribution in [-0.4, -0.2) is 60.3 Å². The van der Waals surface area contributed by atoms with Crippen molar-refractivity contribution in [3.05, 3.63) is 29.8 Å². The molecule has 1 unspecified atom stereocenters. The van der Waals surface area contributed by atoms with Gasteiger partial charge in [0.15, 0.2) is 0 Å². The van der Waals surface area contributed by atoms with Crippen LogP contribution in [0.25, 0.3) is 0 Å². The van der Waals surface area contributed by atoms with E-state index in [1.807, 2.05) is 0 Å². The van der Waals surface area contributed by atoms with E-state index in [2.05, 4.69) is 34.1 Å². The summed E-state index contributed by atoms with van der Waals surface area (Å²) in [5, 5.41) is 9.28. The fraction of sp³-hybridized carbons (Fsp3) is 0.739. The molecule has 3 aliphatic rings. The Kier molecular flexibility index (Phi) is 6.36. The van der Waals surface area contributed by atoms with E-state index >= 15 is 0 Å². The van der Waals surface area contributed by atoms with Gasteiger partial charge in [0, 0.05) is 31.8 Å². The average Bonchev–Trinajstić information content (AvgIpc) is 2.71. The minimum absolute atomic E-state index is 0.327. The summed E-state index contributed by atoms with van der Waals surface area (Å²) in [6, 6.07) is 10.1. The second-order valence-corrected chi connectivity index (χ2v) is 8.80. The normalized spacial score (nSPS) is 31.5. The van der Waals surface area contributed by atoms with Gasteiger partial charge in [-0.3, -0.25) is 9.80 Å². The molecule has 27 heavy (non-hydrogen) atoms. The number of aliphatic hydroxyl groups is 1. The van der Waals surface area contributed by atoms with Crippen LogP contribution in [0.2, 0.25) is 0 Å². The van der Waals surface area contributed by atoms with E-state index < -0.39 is 0 Å². The van der Waals surface area contributed by atoms with Gasteiger partial charge < -0.3 is 9.84 Å². The Bertz CT molecular complexity index is 589. The molecule has 0 spiro atoms. The van der Waals surface area contributed by atoms with Crippen molar-refractivity contribution < 1.29 is 9.84 Å². The first-order chi connectivity index (χ1) is 13.3. The third-order valence-electron chi connectivity index (χ3n) is 7.23. The maximum Gasteiger partial charge on any atom is 0.118 e. The summed E-state index contributed by atoms with van der Waals surface area (Å²) in [6.45, 7) is 5.26. The molecule has 4 nitrogen and oxygen atoms in total. The van der Waals surface area contributed by atoms with Crippen LogP contribution in [0, 0.1) is 11.8 Å². The standard InChI is InChI=1S/C23H36N2O2/c1-27-20-11-9-18(10-12-20)16-25-17-19-6-4-13-24-14-5-7-21(23(19)24)22(25)8-2-3-15-26/h9-12,19,21-23,26H,2-8,13-17H2,1H3/t19-,21+,22?,23-/m0/s1. The molecule has 0 aliphatic carbocycles. The number of methoxy groups -OCH3 is 1. The summed E-state index contributed by atoms with van der Waals surface area (Å²) in [6.07, 6.45) is 8.85. The highest BCUT2D eigenvalue weighted by Gasteiger charge is 2.48. The monoisotopic (exact) mass is 372 g/mol. The topological polar surface area (TPSA) is 35.9 Å². The lowest BCUT2D eigenvalue weighted by molar-refractivity contribution is -0.0812. The lowest BCUT2D eigenvalue weighted by Gasteiger charge is -2.57. The van der Waals surface area contributed by atoms with Crippen LogP contribution >= 0.6 is 0 Å². The van der Waals surface area contributed by atoms with Gasteiger partial charge in [-0.15, -0.1) is 0 Å². The quantitative estimate of drug-likeness (QED) is 0.743. The van der Waals surface area contributed by atoms with Crippen LogP contribution in [0.3, 0.4) is 0 Å². The van der Waals surface area contributed by atoms with E-state index in [4.69, 9.17) is 4.74 Å². The third kappa shape index (κ3) is 4.18. The highest BCUT2D eigenvalue weighted by atomic mass is 16.5. The molecule has 150 valence electrons. The summed E-state index contributed by atoms with van der Waals surface area (Å²) in [5.41, 5.74) is 1.39. The predicted octanol–water partition coefficient (Wildman–Crippen LogP) is 3.53. The number of rotatable bonds is 7. The van der Waals surface area contributed by atoms with E-state index in [9.17, 15) is 5.11 Å². The van der Waals surface area contributed by atoms with Gasteiger partial charge in [-0.1, -0.05) is 12.1 Å². The molecule has 4 heteroatoms. The van der Waals surface area contributed by atoms with E-state index in [1.165, 1.54) is 57.3 Å². The van der Waals surface area contributed by atoms with Crippen molar-refractivity contribution in [3.8, 4) is 5.75 Å². The van der Waals surface area contributed by atoms with Crippen LogP contribution in [0.5, 0.6) is 5.75 Å².